The zero-order valence-corrected chi connectivity index (χ0v) is 78.8. The molecule has 9 heterocycles. The Morgan fingerprint density at radius 1 is 0.0966 bits per heavy atom. The van der Waals surface area contributed by atoms with Crippen molar-refractivity contribution in [3.05, 3.63) is 528 Å². The van der Waals surface area contributed by atoms with Gasteiger partial charge in [-0.3, -0.25) is 0 Å². The van der Waals surface area contributed by atoms with Crippen LogP contribution < -0.4 is 0 Å². The van der Waals surface area contributed by atoms with E-state index in [1.165, 1.54) is 218 Å². The van der Waals surface area contributed by atoms with Crippen molar-refractivity contribution in [1.29, 1.82) is 0 Å². The van der Waals surface area contributed by atoms with E-state index < -0.39 is 0 Å². The summed E-state index contributed by atoms with van der Waals surface area (Å²) in [5, 5.41) is 25.1. The molecule has 0 amide bonds. The van der Waals surface area contributed by atoms with E-state index in [4.69, 9.17) is 0 Å². The van der Waals surface area contributed by atoms with E-state index in [1.54, 1.807) is 0 Å². The van der Waals surface area contributed by atoms with E-state index in [2.05, 4.69) is 569 Å². The maximum absolute atomic E-state index is 2.52. The molecule has 0 unspecified atom stereocenters. The van der Waals surface area contributed by atoms with Gasteiger partial charge in [-0.25, -0.2) is 0 Å². The Labute approximate surface area is 832 Å². The molecule has 23 aromatic carbocycles. The Bertz CT molecular complexity index is 10400. The van der Waals surface area contributed by atoms with E-state index in [9.17, 15) is 0 Å². The minimum Gasteiger partial charge on any atom is -0.308 e. The summed E-state index contributed by atoms with van der Waals surface area (Å²) >= 11 is 0. The fraction of sp³-hybridized carbons (Fsp3) is 0. The quantitative estimate of drug-likeness (QED) is 0.131. The van der Waals surface area contributed by atoms with Crippen LogP contribution in [0.2, 0.25) is 0 Å². The van der Waals surface area contributed by atoms with Crippen LogP contribution in [0.1, 0.15) is 0 Å². The largest absolute Gasteiger partial charge is 0.308 e. The number of para-hydroxylation sites is 16. The number of aromatic nitrogens is 9. The van der Waals surface area contributed by atoms with Crippen LogP contribution in [0.15, 0.2) is 528 Å². The normalized spacial score (nSPS) is 12.0. The standard InChI is InChI=1S/C48H31N3.C46H29N3.C42H27N3/c1-4-16-32(17-5-1)33-28-30-36(31-29-33)51-42-27-15-12-24-39(42)45-47-43(37-22-10-13-25-40(37)49(47)34-18-6-2-7-19-34)46-44(48(45)51)38-23-11-14-26-41(38)50(46)35-20-8-3-9-21-35;1-3-17-32(18-4-1)47-38-24-12-9-21-35(38)41-44-42(36-22-10-13-25-39(36)48(44)33-19-5-2-6-20-33)46-43(45(41)47)37-23-11-14-26-40(37)49(46)34-28-27-30-15-7-8-16-31(30)29-34;1-4-16-28(17-5-1)43-34-25-13-10-22-31(34)37-40(43)38-32-23-11-14-26-35(32)44(29-18-6-2-7-19-29)42(38)39-33-24-12-15-27-36(33)45(41(37)39)30-20-8-3-9-21-30/h1-31H;1-29H;1-27H. The molecule has 9 heteroatoms. The highest BCUT2D eigenvalue weighted by atomic mass is 15.1. The van der Waals surface area contributed by atoms with Gasteiger partial charge in [0, 0.05) is 148 Å². The summed E-state index contributed by atoms with van der Waals surface area (Å²) in [6.07, 6.45) is 0. The zero-order chi connectivity index (χ0) is 95.0. The zero-order valence-electron chi connectivity index (χ0n) is 78.8. The molecule has 0 saturated carbocycles. The Morgan fingerprint density at radius 3 is 0.448 bits per heavy atom. The lowest BCUT2D eigenvalue weighted by atomic mass is 10.0. The summed E-state index contributed by atoms with van der Waals surface area (Å²) in [5.41, 5.74) is 34.6. The van der Waals surface area contributed by atoms with Crippen molar-refractivity contribution in [3.63, 3.8) is 0 Å². The number of hydrogen-bond donors (Lipinski definition) is 0. The molecule has 145 heavy (non-hydrogen) atoms. The highest BCUT2D eigenvalue weighted by molar-refractivity contribution is 6.44. The Hall–Kier alpha value is -19.5. The van der Waals surface area contributed by atoms with Gasteiger partial charge in [-0.2, -0.15) is 0 Å². The number of rotatable bonds is 10. The SMILES string of the molecule is c1ccc(-c2ccc(-n3c4ccccc4c4c5c(c6ccccc6n5-c5ccccc5)c5c(c6ccccc6n5-c5ccccc5)c43)cc2)cc1.c1ccc(-n2c3ccccc3c3c2c2c4ccccc4n(-c4ccc5ccccc5c4)c2c2c4ccccc4n(-c4ccccc4)c32)cc1.c1ccc(-n2c3ccccc3c3c2c2c4ccccc4n(-c4ccccc4)c2c2c4ccccc4n(-c4ccccc4)c32)cc1. The maximum Gasteiger partial charge on any atom is 0.0663 e. The van der Waals surface area contributed by atoms with Gasteiger partial charge in [0.15, 0.2) is 0 Å². The maximum atomic E-state index is 2.52. The molecule has 9 nitrogen and oxygen atoms in total. The van der Waals surface area contributed by atoms with Crippen LogP contribution in [0.4, 0.5) is 0 Å². The van der Waals surface area contributed by atoms with E-state index >= 15 is 0 Å². The van der Waals surface area contributed by atoms with Crippen molar-refractivity contribution < 1.29 is 0 Å². The Morgan fingerprint density at radius 2 is 0.241 bits per heavy atom. The average molecular weight is 1850 g/mol. The van der Waals surface area contributed by atoms with Crippen LogP contribution in [0, 0.1) is 0 Å². The minimum atomic E-state index is 1.14. The molecule has 0 fully saturated rings. The highest BCUT2D eigenvalue weighted by Crippen LogP contribution is 2.56. The molecule has 0 N–H and O–H groups in total. The van der Waals surface area contributed by atoms with E-state index in [0.717, 1.165) is 51.2 Å². The predicted molar refractivity (Wildman–Crippen MR) is 611 cm³/mol. The van der Waals surface area contributed by atoms with Crippen LogP contribution in [0.25, 0.3) is 269 Å². The lowest BCUT2D eigenvalue weighted by molar-refractivity contribution is 1.17. The van der Waals surface area contributed by atoms with Crippen molar-refractivity contribution in [2.75, 3.05) is 0 Å². The van der Waals surface area contributed by atoms with Crippen molar-refractivity contribution in [2.45, 2.75) is 0 Å². The fourth-order valence-electron chi connectivity index (χ4n) is 24.6. The molecular formula is C136H87N9. The van der Waals surface area contributed by atoms with Gasteiger partial charge in [0.1, 0.15) is 0 Å². The van der Waals surface area contributed by atoms with Crippen LogP contribution in [-0.4, -0.2) is 41.1 Å². The minimum absolute atomic E-state index is 1.14. The van der Waals surface area contributed by atoms with Crippen molar-refractivity contribution >= 4 is 207 Å². The van der Waals surface area contributed by atoms with Crippen LogP contribution >= 0.6 is 0 Å². The van der Waals surface area contributed by atoms with Gasteiger partial charge in [0.05, 0.1) is 99.3 Å². The third-order valence-electron chi connectivity index (χ3n) is 30.3. The van der Waals surface area contributed by atoms with Crippen molar-refractivity contribution in [2.24, 2.45) is 0 Å². The van der Waals surface area contributed by atoms with Gasteiger partial charge in [0.2, 0.25) is 0 Å². The molecule has 0 aliphatic heterocycles. The first-order valence-corrected chi connectivity index (χ1v) is 49.9. The van der Waals surface area contributed by atoms with Gasteiger partial charge in [0.25, 0.3) is 0 Å². The molecule has 0 aliphatic rings. The number of fused-ring (bicyclic) bond motifs is 37. The Balaban J connectivity index is 0.000000101. The lowest BCUT2D eigenvalue weighted by Crippen LogP contribution is -1.98. The lowest BCUT2D eigenvalue weighted by Gasteiger charge is -2.14. The number of hydrogen-bond acceptors (Lipinski definition) is 0. The first-order valence-electron chi connectivity index (χ1n) is 49.9. The molecule has 9 aromatic heterocycles. The molecule has 676 valence electrons. The third-order valence-corrected chi connectivity index (χ3v) is 30.3. The summed E-state index contributed by atoms with van der Waals surface area (Å²) in [7, 11) is 0. The van der Waals surface area contributed by atoms with Gasteiger partial charge in [-0.05, 0) is 186 Å². The summed E-state index contributed by atoms with van der Waals surface area (Å²) in [4.78, 5) is 0. The molecule has 0 saturated heterocycles. The second kappa shape index (κ2) is 32.6. The van der Waals surface area contributed by atoms with Crippen LogP contribution in [-0.2, 0) is 0 Å². The van der Waals surface area contributed by atoms with E-state index in [1.807, 2.05) is 0 Å². The monoisotopic (exact) mass is 1850 g/mol. The molecule has 0 bridgehead atoms. The smallest absolute Gasteiger partial charge is 0.0663 e. The van der Waals surface area contributed by atoms with Gasteiger partial charge in [-0.1, -0.05) is 364 Å². The number of benzene rings is 23. The summed E-state index contributed by atoms with van der Waals surface area (Å²) < 4.78 is 22.5. The molecule has 32 aromatic rings. The third kappa shape index (κ3) is 12.1. The molecule has 0 spiro atoms. The van der Waals surface area contributed by atoms with Crippen LogP contribution in [0.5, 0.6) is 0 Å². The van der Waals surface area contributed by atoms with Crippen LogP contribution in [0.3, 0.4) is 0 Å². The van der Waals surface area contributed by atoms with E-state index in [-0.39, 0.29) is 0 Å². The van der Waals surface area contributed by atoms with Gasteiger partial charge < -0.3 is 41.1 Å². The first-order chi connectivity index (χ1) is 72.1. The summed E-state index contributed by atoms with van der Waals surface area (Å²) in [5.74, 6) is 0. The molecule has 32 rings (SSSR count). The average Bonchev–Trinajstić information content (AvgIpc) is 1.51. The topological polar surface area (TPSA) is 44.4 Å². The fourth-order valence-corrected chi connectivity index (χ4v) is 24.6. The second-order valence-electron chi connectivity index (χ2n) is 38.0. The molecule has 0 aliphatic carbocycles. The summed E-state index contributed by atoms with van der Waals surface area (Å²) in [6, 6.07) is 192. The highest BCUT2D eigenvalue weighted by Gasteiger charge is 2.34. The number of nitrogens with zero attached hydrogens (tertiary/aromatic N) is 9. The van der Waals surface area contributed by atoms with Gasteiger partial charge >= 0.3 is 0 Å². The molecule has 0 radical (unpaired) electrons. The Kier molecular flexibility index (Phi) is 18.3. The molecular weight excluding hydrogens is 1760 g/mol. The second-order valence-corrected chi connectivity index (χ2v) is 38.0. The van der Waals surface area contributed by atoms with Gasteiger partial charge in [-0.15, -0.1) is 0 Å². The van der Waals surface area contributed by atoms with Crippen molar-refractivity contribution in [1.82, 2.24) is 41.1 Å². The first kappa shape index (κ1) is 81.5. The molecule has 0 atom stereocenters. The van der Waals surface area contributed by atoms with E-state index in [0.29, 0.717) is 0 Å². The van der Waals surface area contributed by atoms with Crippen molar-refractivity contribution in [3.8, 4) is 62.3 Å². The predicted octanol–water partition coefficient (Wildman–Crippen LogP) is 35.8. The summed E-state index contributed by atoms with van der Waals surface area (Å²) in [6.45, 7) is 0.